The zero-order chi connectivity index (χ0) is 14.5. The lowest BCUT2D eigenvalue weighted by molar-refractivity contribution is -0.115. The molecular formula is C16H25N3O. The second-order valence-corrected chi connectivity index (χ2v) is 5.62. The number of fused-ring (bicyclic) bond motifs is 1. The molecule has 110 valence electrons. The van der Waals surface area contributed by atoms with Crippen molar-refractivity contribution in [3.05, 3.63) is 17.7 Å². The van der Waals surface area contributed by atoms with Crippen LogP contribution in [-0.4, -0.2) is 12.5 Å². The van der Waals surface area contributed by atoms with Crippen molar-refractivity contribution in [3.8, 4) is 0 Å². The Kier molecular flexibility index (Phi) is 4.88. The van der Waals surface area contributed by atoms with Gasteiger partial charge in [0.15, 0.2) is 0 Å². The molecule has 0 saturated carbocycles. The number of nitrogens with two attached hydrogens (primary N) is 1. The zero-order valence-electron chi connectivity index (χ0n) is 12.5. The molecule has 0 radical (unpaired) electrons. The number of benzene rings is 1. The van der Waals surface area contributed by atoms with Crippen LogP contribution in [0.5, 0.6) is 0 Å². The second-order valence-electron chi connectivity index (χ2n) is 5.62. The summed E-state index contributed by atoms with van der Waals surface area (Å²) in [4.78, 5) is 11.4. The Morgan fingerprint density at radius 2 is 2.20 bits per heavy atom. The summed E-state index contributed by atoms with van der Waals surface area (Å²) < 4.78 is 0. The summed E-state index contributed by atoms with van der Waals surface area (Å²) in [6, 6.07) is 3.87. The minimum absolute atomic E-state index is 0.0472. The van der Waals surface area contributed by atoms with Gasteiger partial charge in [-0.1, -0.05) is 33.1 Å². The molecule has 0 bridgehead atoms. The van der Waals surface area contributed by atoms with E-state index in [2.05, 4.69) is 24.5 Å². The topological polar surface area (TPSA) is 67.1 Å². The first-order valence-corrected chi connectivity index (χ1v) is 7.60. The lowest BCUT2D eigenvalue weighted by Gasteiger charge is -2.18. The quantitative estimate of drug-likeness (QED) is 0.668. The highest BCUT2D eigenvalue weighted by molar-refractivity contribution is 6.00. The Labute approximate surface area is 121 Å². The Balaban J connectivity index is 1.99. The molecule has 1 aromatic carbocycles. The number of unbranched alkanes of at least 4 members (excludes halogenated alkanes) is 1. The van der Waals surface area contributed by atoms with Gasteiger partial charge in [0.1, 0.15) is 0 Å². The Hall–Kier alpha value is -1.71. The molecular weight excluding hydrogens is 250 g/mol. The maximum absolute atomic E-state index is 11.4. The van der Waals surface area contributed by atoms with Crippen molar-refractivity contribution in [1.82, 2.24) is 0 Å². The fourth-order valence-electron chi connectivity index (χ4n) is 2.64. The van der Waals surface area contributed by atoms with Gasteiger partial charge in [-0.2, -0.15) is 0 Å². The summed E-state index contributed by atoms with van der Waals surface area (Å²) >= 11 is 0. The molecule has 1 aliphatic rings. The number of nitrogen functional groups attached to an aromatic ring is 1. The second kappa shape index (κ2) is 6.64. The smallest absolute Gasteiger partial charge is 0.228 e. The normalized spacial score (nSPS) is 14.8. The summed E-state index contributed by atoms with van der Waals surface area (Å²) in [6.45, 7) is 5.39. The number of anilines is 3. The molecule has 2 rings (SSSR count). The molecule has 0 fully saturated rings. The van der Waals surface area contributed by atoms with Crippen LogP contribution < -0.4 is 16.4 Å². The maximum atomic E-state index is 11.4. The lowest BCUT2D eigenvalue weighted by atomic mass is 9.99. The number of hydrogen-bond donors (Lipinski definition) is 3. The summed E-state index contributed by atoms with van der Waals surface area (Å²) in [5, 5.41) is 6.31. The molecule has 4 heteroatoms. The zero-order valence-corrected chi connectivity index (χ0v) is 12.5. The molecule has 1 aliphatic heterocycles. The average Bonchev–Trinajstić information content (AvgIpc) is 2.78. The van der Waals surface area contributed by atoms with Crippen LogP contribution in [0, 0.1) is 5.92 Å². The van der Waals surface area contributed by atoms with E-state index in [-0.39, 0.29) is 5.91 Å². The van der Waals surface area contributed by atoms with Gasteiger partial charge in [0, 0.05) is 12.2 Å². The molecule has 4 nitrogen and oxygen atoms in total. The third kappa shape index (κ3) is 3.44. The van der Waals surface area contributed by atoms with Gasteiger partial charge in [0.2, 0.25) is 5.91 Å². The van der Waals surface area contributed by atoms with E-state index in [1.165, 1.54) is 25.7 Å². The molecule has 0 aliphatic carbocycles. The molecule has 20 heavy (non-hydrogen) atoms. The van der Waals surface area contributed by atoms with Crippen molar-refractivity contribution in [2.75, 3.05) is 22.9 Å². The van der Waals surface area contributed by atoms with Crippen molar-refractivity contribution in [1.29, 1.82) is 0 Å². The van der Waals surface area contributed by atoms with Crippen LogP contribution >= 0.6 is 0 Å². The highest BCUT2D eigenvalue weighted by Crippen LogP contribution is 2.31. The van der Waals surface area contributed by atoms with Crippen molar-refractivity contribution in [2.24, 2.45) is 5.92 Å². The highest BCUT2D eigenvalue weighted by atomic mass is 16.1. The summed E-state index contributed by atoms with van der Waals surface area (Å²) in [5.41, 5.74) is 9.62. The van der Waals surface area contributed by atoms with E-state index in [9.17, 15) is 4.79 Å². The molecule has 4 N–H and O–H groups in total. The SMILES string of the molecule is CCCCC(CC)CNc1cc2c(cc1N)CC(=O)N2. The fourth-order valence-corrected chi connectivity index (χ4v) is 2.64. The van der Waals surface area contributed by atoms with Crippen molar-refractivity contribution in [3.63, 3.8) is 0 Å². The van der Waals surface area contributed by atoms with Gasteiger partial charge in [0.05, 0.1) is 17.8 Å². The molecule has 1 unspecified atom stereocenters. The maximum Gasteiger partial charge on any atom is 0.228 e. The first kappa shape index (κ1) is 14.7. The molecule has 1 atom stereocenters. The van der Waals surface area contributed by atoms with E-state index in [1.807, 2.05) is 12.1 Å². The number of carbonyl (C=O) groups is 1. The van der Waals surface area contributed by atoms with Gasteiger partial charge in [-0.05, 0) is 30.0 Å². The fraction of sp³-hybridized carbons (Fsp3) is 0.562. The first-order chi connectivity index (χ1) is 9.63. The van der Waals surface area contributed by atoms with Crippen LogP contribution in [0.4, 0.5) is 17.1 Å². The van der Waals surface area contributed by atoms with Gasteiger partial charge in [0.25, 0.3) is 0 Å². The van der Waals surface area contributed by atoms with Crippen LogP contribution in [0.2, 0.25) is 0 Å². The van der Waals surface area contributed by atoms with E-state index in [0.717, 1.165) is 29.2 Å². The Morgan fingerprint density at radius 1 is 1.40 bits per heavy atom. The molecule has 0 aromatic heterocycles. The average molecular weight is 275 g/mol. The third-order valence-corrected chi connectivity index (χ3v) is 4.02. The van der Waals surface area contributed by atoms with Crippen LogP contribution in [0.25, 0.3) is 0 Å². The van der Waals surface area contributed by atoms with Gasteiger partial charge in [-0.3, -0.25) is 4.79 Å². The van der Waals surface area contributed by atoms with Crippen molar-refractivity contribution < 1.29 is 4.79 Å². The summed E-state index contributed by atoms with van der Waals surface area (Å²) in [6.07, 6.45) is 5.38. The standard InChI is InChI=1S/C16H25N3O/c1-3-5-6-11(4-2)10-18-15-9-14-12(7-13(15)17)8-16(20)19-14/h7,9,11,18H,3-6,8,10,17H2,1-2H3,(H,19,20). The van der Waals surface area contributed by atoms with Gasteiger partial charge < -0.3 is 16.4 Å². The van der Waals surface area contributed by atoms with Crippen molar-refractivity contribution in [2.45, 2.75) is 46.0 Å². The van der Waals surface area contributed by atoms with Gasteiger partial charge in [-0.25, -0.2) is 0 Å². The minimum atomic E-state index is 0.0472. The van der Waals surface area contributed by atoms with Crippen LogP contribution in [0.3, 0.4) is 0 Å². The first-order valence-electron chi connectivity index (χ1n) is 7.60. The molecule has 1 amide bonds. The van der Waals surface area contributed by atoms with Crippen LogP contribution in [0.15, 0.2) is 12.1 Å². The predicted molar refractivity (Wildman–Crippen MR) is 85.0 cm³/mol. The molecule has 1 heterocycles. The summed E-state index contributed by atoms with van der Waals surface area (Å²) in [7, 11) is 0. The third-order valence-electron chi connectivity index (χ3n) is 4.02. The molecule has 0 saturated heterocycles. The lowest BCUT2D eigenvalue weighted by Crippen LogP contribution is -2.14. The van der Waals surface area contributed by atoms with E-state index < -0.39 is 0 Å². The van der Waals surface area contributed by atoms with Gasteiger partial charge >= 0.3 is 0 Å². The van der Waals surface area contributed by atoms with E-state index >= 15 is 0 Å². The number of hydrogen-bond acceptors (Lipinski definition) is 3. The number of amides is 1. The minimum Gasteiger partial charge on any atom is -0.397 e. The van der Waals surface area contributed by atoms with Gasteiger partial charge in [-0.15, -0.1) is 0 Å². The Bertz CT molecular complexity index is 485. The van der Waals surface area contributed by atoms with Crippen molar-refractivity contribution >= 4 is 23.0 Å². The molecule has 0 spiro atoms. The van der Waals surface area contributed by atoms with Crippen LogP contribution in [0.1, 0.15) is 45.1 Å². The van der Waals surface area contributed by atoms with E-state index in [0.29, 0.717) is 12.3 Å². The Morgan fingerprint density at radius 3 is 2.90 bits per heavy atom. The number of nitrogens with one attached hydrogen (secondary N) is 2. The van der Waals surface area contributed by atoms with Crippen LogP contribution in [-0.2, 0) is 11.2 Å². The van der Waals surface area contributed by atoms with E-state index in [1.54, 1.807) is 0 Å². The predicted octanol–water partition coefficient (Wildman–Crippen LogP) is 3.39. The molecule has 1 aromatic rings. The largest absolute Gasteiger partial charge is 0.397 e. The van der Waals surface area contributed by atoms with E-state index in [4.69, 9.17) is 5.73 Å². The number of rotatable bonds is 7. The highest BCUT2D eigenvalue weighted by Gasteiger charge is 2.19. The summed E-state index contributed by atoms with van der Waals surface area (Å²) in [5.74, 6) is 0.725. The monoisotopic (exact) mass is 275 g/mol. The number of carbonyl (C=O) groups excluding carboxylic acids is 1.